The Balaban J connectivity index is 1.87. The van der Waals surface area contributed by atoms with E-state index in [1.807, 2.05) is 12.1 Å². The summed E-state index contributed by atoms with van der Waals surface area (Å²) >= 11 is 0. The van der Waals surface area contributed by atoms with Gasteiger partial charge in [0.1, 0.15) is 11.6 Å². The van der Waals surface area contributed by atoms with Crippen molar-refractivity contribution in [1.29, 1.82) is 0 Å². The van der Waals surface area contributed by atoms with Crippen molar-refractivity contribution in [3.8, 4) is 16.9 Å². The van der Waals surface area contributed by atoms with Gasteiger partial charge in [-0.25, -0.2) is 9.18 Å². The Morgan fingerprint density at radius 3 is 2.56 bits per heavy atom. The van der Waals surface area contributed by atoms with Gasteiger partial charge >= 0.3 is 5.97 Å². The van der Waals surface area contributed by atoms with Crippen molar-refractivity contribution in [1.82, 2.24) is 4.90 Å². The molecular formula is C19H20FNO4. The molecule has 1 aliphatic heterocycles. The first-order valence-corrected chi connectivity index (χ1v) is 8.15. The van der Waals surface area contributed by atoms with E-state index in [9.17, 15) is 14.3 Å². The van der Waals surface area contributed by atoms with Crippen LogP contribution in [0.25, 0.3) is 11.1 Å². The Hall–Kier alpha value is -2.44. The number of hydrogen-bond acceptors (Lipinski definition) is 4. The lowest BCUT2D eigenvalue weighted by Crippen LogP contribution is -2.22. The number of carboxylic acid groups (broad SMARTS) is 1. The summed E-state index contributed by atoms with van der Waals surface area (Å²) in [6, 6.07) is 11.7. The van der Waals surface area contributed by atoms with Crippen LogP contribution in [0.2, 0.25) is 0 Å². The lowest BCUT2D eigenvalue weighted by Gasteiger charge is -2.18. The summed E-state index contributed by atoms with van der Waals surface area (Å²) in [5.74, 6) is -0.823. The minimum atomic E-state index is -1.04. The van der Waals surface area contributed by atoms with Gasteiger partial charge in [-0.2, -0.15) is 0 Å². The van der Waals surface area contributed by atoms with Crippen molar-refractivity contribution in [2.24, 2.45) is 0 Å². The van der Waals surface area contributed by atoms with E-state index in [0.29, 0.717) is 18.8 Å². The number of β-amino-alcohol motifs (C(OH)–C–C–N with tert-alkyl or cyclic N) is 1. The maximum absolute atomic E-state index is 13.1. The van der Waals surface area contributed by atoms with Gasteiger partial charge in [-0.1, -0.05) is 18.2 Å². The monoisotopic (exact) mass is 345 g/mol. The van der Waals surface area contributed by atoms with Crippen LogP contribution in [0.5, 0.6) is 5.75 Å². The molecule has 0 saturated carbocycles. The molecule has 5 nitrogen and oxygen atoms in total. The maximum atomic E-state index is 13.1. The minimum absolute atomic E-state index is 0.295. The number of rotatable bonds is 6. The number of benzene rings is 2. The van der Waals surface area contributed by atoms with Gasteiger partial charge in [0.2, 0.25) is 0 Å². The van der Waals surface area contributed by atoms with Gasteiger partial charge in [-0.05, 0) is 41.8 Å². The molecule has 1 atom stereocenters. The first-order valence-electron chi connectivity index (χ1n) is 8.15. The van der Waals surface area contributed by atoms with E-state index in [1.54, 1.807) is 18.2 Å². The van der Waals surface area contributed by atoms with Gasteiger partial charge < -0.3 is 14.9 Å². The molecule has 0 aliphatic carbocycles. The van der Waals surface area contributed by atoms with Crippen molar-refractivity contribution >= 4 is 5.97 Å². The van der Waals surface area contributed by atoms with Gasteiger partial charge in [0.15, 0.2) is 6.61 Å². The predicted octanol–water partition coefficient (Wildman–Crippen LogP) is 2.52. The van der Waals surface area contributed by atoms with Gasteiger partial charge in [0.05, 0.1) is 6.10 Å². The highest BCUT2D eigenvalue weighted by molar-refractivity contribution is 5.69. The summed E-state index contributed by atoms with van der Waals surface area (Å²) in [7, 11) is 0. The first-order chi connectivity index (χ1) is 12.0. The molecule has 132 valence electrons. The third-order valence-electron chi connectivity index (χ3n) is 4.23. The lowest BCUT2D eigenvalue weighted by molar-refractivity contribution is -0.139. The highest BCUT2D eigenvalue weighted by Gasteiger charge is 2.21. The zero-order valence-corrected chi connectivity index (χ0v) is 13.7. The number of nitrogens with zero attached hydrogens (tertiary/aromatic N) is 1. The van der Waals surface area contributed by atoms with Gasteiger partial charge in [0, 0.05) is 25.2 Å². The van der Waals surface area contributed by atoms with E-state index in [4.69, 9.17) is 9.84 Å². The second-order valence-corrected chi connectivity index (χ2v) is 6.19. The fraction of sp³-hybridized carbons (Fsp3) is 0.316. The Kier molecular flexibility index (Phi) is 5.31. The minimum Gasteiger partial charge on any atom is -0.482 e. The summed E-state index contributed by atoms with van der Waals surface area (Å²) in [6.45, 7) is 1.51. The van der Waals surface area contributed by atoms with Crippen LogP contribution in [0.1, 0.15) is 12.0 Å². The quantitative estimate of drug-likeness (QED) is 0.842. The highest BCUT2D eigenvalue weighted by atomic mass is 19.1. The third-order valence-corrected chi connectivity index (χ3v) is 4.23. The Morgan fingerprint density at radius 2 is 1.92 bits per heavy atom. The summed E-state index contributed by atoms with van der Waals surface area (Å²) < 4.78 is 18.5. The zero-order valence-electron chi connectivity index (χ0n) is 13.7. The van der Waals surface area contributed by atoms with Crippen molar-refractivity contribution in [3.05, 3.63) is 53.8 Å². The topological polar surface area (TPSA) is 70.0 Å². The smallest absolute Gasteiger partial charge is 0.341 e. The fourth-order valence-corrected chi connectivity index (χ4v) is 3.00. The number of aliphatic carboxylic acids is 1. The predicted molar refractivity (Wildman–Crippen MR) is 90.9 cm³/mol. The van der Waals surface area contributed by atoms with Crippen LogP contribution in [0.4, 0.5) is 4.39 Å². The molecule has 1 fully saturated rings. The number of aliphatic hydroxyl groups is 1. The number of ether oxygens (including phenoxy) is 1. The summed E-state index contributed by atoms with van der Waals surface area (Å²) in [6.07, 6.45) is 0.395. The standard InChI is InChI=1S/C19H20FNO4/c20-16-4-1-13(2-5-16)14-3-6-18(25-12-19(23)24)15(9-14)10-21-8-7-17(22)11-21/h1-6,9,17,22H,7-8,10-12H2,(H,23,24). The van der Waals surface area contributed by atoms with Crippen LogP contribution < -0.4 is 4.74 Å². The number of halogens is 1. The summed E-state index contributed by atoms with van der Waals surface area (Å²) in [4.78, 5) is 12.9. The number of likely N-dealkylation sites (tertiary alicyclic amines) is 1. The normalized spacial score (nSPS) is 17.6. The van der Waals surface area contributed by atoms with Crippen molar-refractivity contribution < 1.29 is 24.1 Å². The molecule has 1 saturated heterocycles. The number of carbonyl (C=O) groups is 1. The Morgan fingerprint density at radius 1 is 1.20 bits per heavy atom. The second kappa shape index (κ2) is 7.63. The van der Waals surface area contributed by atoms with E-state index in [1.165, 1.54) is 12.1 Å². The lowest BCUT2D eigenvalue weighted by atomic mass is 10.0. The molecule has 0 amide bonds. The summed E-state index contributed by atoms with van der Waals surface area (Å²) in [5, 5.41) is 18.5. The molecule has 2 aromatic carbocycles. The molecule has 6 heteroatoms. The number of carboxylic acids is 1. The van der Waals surface area contributed by atoms with Crippen LogP contribution >= 0.6 is 0 Å². The molecule has 2 N–H and O–H groups in total. The average molecular weight is 345 g/mol. The molecule has 0 bridgehead atoms. The number of hydrogen-bond donors (Lipinski definition) is 2. The molecule has 25 heavy (non-hydrogen) atoms. The van der Waals surface area contributed by atoms with Crippen LogP contribution in [0.15, 0.2) is 42.5 Å². The van der Waals surface area contributed by atoms with Crippen LogP contribution in [-0.2, 0) is 11.3 Å². The van der Waals surface area contributed by atoms with Crippen LogP contribution in [0, 0.1) is 5.82 Å². The van der Waals surface area contributed by atoms with Gasteiger partial charge in [-0.15, -0.1) is 0 Å². The number of aliphatic hydroxyl groups excluding tert-OH is 1. The average Bonchev–Trinajstić information content (AvgIpc) is 2.99. The Bertz CT molecular complexity index is 748. The molecule has 0 radical (unpaired) electrons. The van der Waals surface area contributed by atoms with Crippen LogP contribution in [-0.4, -0.2) is 46.9 Å². The molecule has 0 spiro atoms. The van der Waals surface area contributed by atoms with E-state index < -0.39 is 12.6 Å². The third kappa shape index (κ3) is 4.55. The largest absolute Gasteiger partial charge is 0.482 e. The summed E-state index contributed by atoms with van der Waals surface area (Å²) in [5.41, 5.74) is 2.61. The van der Waals surface area contributed by atoms with Crippen molar-refractivity contribution in [2.45, 2.75) is 19.1 Å². The van der Waals surface area contributed by atoms with Gasteiger partial charge in [-0.3, -0.25) is 4.90 Å². The van der Waals surface area contributed by atoms with Gasteiger partial charge in [0.25, 0.3) is 0 Å². The zero-order chi connectivity index (χ0) is 17.8. The molecule has 1 aliphatic rings. The molecule has 1 heterocycles. The molecule has 0 aromatic heterocycles. The second-order valence-electron chi connectivity index (χ2n) is 6.19. The van der Waals surface area contributed by atoms with Crippen molar-refractivity contribution in [3.63, 3.8) is 0 Å². The molecule has 3 rings (SSSR count). The molecular weight excluding hydrogens is 325 g/mol. The van der Waals surface area contributed by atoms with E-state index in [0.717, 1.165) is 29.7 Å². The van der Waals surface area contributed by atoms with E-state index >= 15 is 0 Å². The van der Waals surface area contributed by atoms with Crippen LogP contribution in [0.3, 0.4) is 0 Å². The fourth-order valence-electron chi connectivity index (χ4n) is 3.00. The highest BCUT2D eigenvalue weighted by Crippen LogP contribution is 2.29. The SMILES string of the molecule is O=C(O)COc1ccc(-c2ccc(F)cc2)cc1CN1CCC(O)C1. The molecule has 1 unspecified atom stereocenters. The van der Waals surface area contributed by atoms with E-state index in [-0.39, 0.29) is 11.9 Å². The first kappa shape index (κ1) is 17.4. The molecule has 2 aromatic rings. The Labute approximate surface area is 145 Å². The van der Waals surface area contributed by atoms with Crippen molar-refractivity contribution in [2.75, 3.05) is 19.7 Å². The maximum Gasteiger partial charge on any atom is 0.341 e. The van der Waals surface area contributed by atoms with E-state index in [2.05, 4.69) is 4.90 Å².